The maximum Gasteiger partial charge on any atom is 0.336 e. The number of rotatable bonds is 2. The first-order valence-electron chi connectivity index (χ1n) is 3.56. The van der Waals surface area contributed by atoms with E-state index in [0.717, 1.165) is 13.0 Å². The van der Waals surface area contributed by atoms with Gasteiger partial charge in [-0.3, -0.25) is 4.79 Å². The molecule has 0 heterocycles. The summed E-state index contributed by atoms with van der Waals surface area (Å²) in [5.41, 5.74) is -0.664. The van der Waals surface area contributed by atoms with Gasteiger partial charge in [0.25, 0.3) is 0 Å². The highest BCUT2D eigenvalue weighted by molar-refractivity contribution is 6.04. The average molecular weight is 182 g/mol. The molecule has 1 aromatic carbocycles. The Morgan fingerprint density at radius 3 is 2.38 bits per heavy atom. The number of halogens is 1. The van der Waals surface area contributed by atoms with Gasteiger partial charge < -0.3 is 5.11 Å². The highest BCUT2D eigenvalue weighted by atomic mass is 19.1. The van der Waals surface area contributed by atoms with Crippen LogP contribution >= 0.6 is 0 Å². The molecule has 68 valence electrons. The predicted molar refractivity (Wildman–Crippen MR) is 43.4 cm³/mol. The zero-order chi connectivity index (χ0) is 10.0. The van der Waals surface area contributed by atoms with Crippen LogP contribution in [0.1, 0.15) is 27.6 Å². The van der Waals surface area contributed by atoms with Gasteiger partial charge in [-0.05, 0) is 19.1 Å². The van der Waals surface area contributed by atoms with Crippen molar-refractivity contribution in [3.8, 4) is 0 Å². The Morgan fingerprint density at radius 2 is 2.00 bits per heavy atom. The van der Waals surface area contributed by atoms with Crippen LogP contribution in [0.5, 0.6) is 0 Å². The van der Waals surface area contributed by atoms with Gasteiger partial charge >= 0.3 is 5.97 Å². The first kappa shape index (κ1) is 9.38. The monoisotopic (exact) mass is 182 g/mol. The van der Waals surface area contributed by atoms with Crippen LogP contribution in [-0.4, -0.2) is 16.9 Å². The minimum atomic E-state index is -1.30. The van der Waals surface area contributed by atoms with E-state index >= 15 is 0 Å². The lowest BCUT2D eigenvalue weighted by molar-refractivity contribution is 0.0691. The number of carbonyl (C=O) groups is 2. The number of aromatic carboxylic acids is 1. The molecule has 4 heteroatoms. The SMILES string of the molecule is CC(=O)c1c(F)cccc1C(=O)O. The minimum Gasteiger partial charge on any atom is -0.478 e. The highest BCUT2D eigenvalue weighted by Crippen LogP contribution is 2.13. The summed E-state index contributed by atoms with van der Waals surface area (Å²) >= 11 is 0. The second-order valence-corrected chi connectivity index (χ2v) is 2.52. The van der Waals surface area contributed by atoms with Gasteiger partial charge in [-0.15, -0.1) is 0 Å². The molecule has 0 aromatic heterocycles. The Balaban J connectivity index is 3.43. The normalized spacial score (nSPS) is 9.69. The van der Waals surface area contributed by atoms with E-state index in [2.05, 4.69) is 0 Å². The van der Waals surface area contributed by atoms with Crippen molar-refractivity contribution in [1.82, 2.24) is 0 Å². The quantitative estimate of drug-likeness (QED) is 0.708. The predicted octanol–water partition coefficient (Wildman–Crippen LogP) is 1.73. The van der Waals surface area contributed by atoms with Crippen molar-refractivity contribution in [2.24, 2.45) is 0 Å². The Kier molecular flexibility index (Phi) is 2.41. The summed E-state index contributed by atoms with van der Waals surface area (Å²) in [6, 6.07) is 3.51. The van der Waals surface area contributed by atoms with Crippen LogP contribution in [0.15, 0.2) is 18.2 Å². The second kappa shape index (κ2) is 3.35. The third-order valence-corrected chi connectivity index (χ3v) is 1.60. The molecule has 0 spiro atoms. The van der Waals surface area contributed by atoms with Crippen molar-refractivity contribution in [3.05, 3.63) is 35.1 Å². The second-order valence-electron chi connectivity index (χ2n) is 2.52. The van der Waals surface area contributed by atoms with Gasteiger partial charge in [-0.1, -0.05) is 6.07 Å². The summed E-state index contributed by atoms with van der Waals surface area (Å²) in [4.78, 5) is 21.4. The van der Waals surface area contributed by atoms with Crippen molar-refractivity contribution in [3.63, 3.8) is 0 Å². The largest absolute Gasteiger partial charge is 0.478 e. The smallest absolute Gasteiger partial charge is 0.336 e. The standard InChI is InChI=1S/C9H7FO3/c1-5(11)8-6(9(12)13)3-2-4-7(8)10/h2-4H,1H3,(H,12,13). The molecule has 0 saturated carbocycles. The number of hydrogen-bond donors (Lipinski definition) is 1. The molecule has 0 bridgehead atoms. The van der Waals surface area contributed by atoms with Crippen LogP contribution in [0.2, 0.25) is 0 Å². The topological polar surface area (TPSA) is 54.4 Å². The number of carboxylic acid groups (broad SMARTS) is 1. The first-order chi connectivity index (χ1) is 6.04. The molecule has 1 rings (SSSR count). The Labute approximate surface area is 73.8 Å². The summed E-state index contributed by atoms with van der Waals surface area (Å²) in [7, 11) is 0. The number of benzene rings is 1. The summed E-state index contributed by atoms with van der Waals surface area (Å²) in [5.74, 6) is -2.69. The number of hydrogen-bond acceptors (Lipinski definition) is 2. The molecule has 0 fully saturated rings. The Morgan fingerprint density at radius 1 is 1.38 bits per heavy atom. The van der Waals surface area contributed by atoms with E-state index in [-0.39, 0.29) is 11.1 Å². The van der Waals surface area contributed by atoms with Crippen LogP contribution in [0.4, 0.5) is 4.39 Å². The van der Waals surface area contributed by atoms with E-state index in [0.29, 0.717) is 0 Å². The van der Waals surface area contributed by atoms with Crippen LogP contribution in [0.25, 0.3) is 0 Å². The van der Waals surface area contributed by atoms with E-state index in [1.54, 1.807) is 0 Å². The number of Topliss-reactive ketones (excluding diaryl/α,β-unsaturated/α-hetero) is 1. The zero-order valence-electron chi connectivity index (χ0n) is 6.87. The van der Waals surface area contributed by atoms with Gasteiger partial charge in [-0.25, -0.2) is 9.18 Å². The molecule has 13 heavy (non-hydrogen) atoms. The Hall–Kier alpha value is -1.71. The van der Waals surface area contributed by atoms with Gasteiger partial charge in [0, 0.05) is 0 Å². The van der Waals surface area contributed by atoms with Gasteiger partial charge in [0.15, 0.2) is 5.78 Å². The fourth-order valence-electron chi connectivity index (χ4n) is 1.06. The molecule has 0 radical (unpaired) electrons. The van der Waals surface area contributed by atoms with Crippen molar-refractivity contribution >= 4 is 11.8 Å². The molecule has 0 unspecified atom stereocenters. The number of carbonyl (C=O) groups excluding carboxylic acids is 1. The van der Waals surface area contributed by atoms with E-state index in [1.165, 1.54) is 12.1 Å². The van der Waals surface area contributed by atoms with Crippen molar-refractivity contribution in [1.29, 1.82) is 0 Å². The van der Waals surface area contributed by atoms with Gasteiger partial charge in [0.1, 0.15) is 5.82 Å². The number of carboxylic acids is 1. The zero-order valence-corrected chi connectivity index (χ0v) is 6.87. The van der Waals surface area contributed by atoms with Crippen molar-refractivity contribution in [2.75, 3.05) is 0 Å². The molecular formula is C9H7FO3. The van der Waals surface area contributed by atoms with Crippen molar-refractivity contribution < 1.29 is 19.1 Å². The van der Waals surface area contributed by atoms with Gasteiger partial charge in [0.2, 0.25) is 0 Å². The van der Waals surface area contributed by atoms with Crippen molar-refractivity contribution in [2.45, 2.75) is 6.92 Å². The van der Waals surface area contributed by atoms with Crippen LogP contribution in [-0.2, 0) is 0 Å². The fourth-order valence-corrected chi connectivity index (χ4v) is 1.06. The van der Waals surface area contributed by atoms with E-state index < -0.39 is 17.6 Å². The number of ketones is 1. The Bertz CT molecular complexity index is 371. The van der Waals surface area contributed by atoms with Crippen LogP contribution < -0.4 is 0 Å². The average Bonchev–Trinajstić information content (AvgIpc) is 2.02. The van der Waals surface area contributed by atoms with Gasteiger partial charge in [0.05, 0.1) is 11.1 Å². The fraction of sp³-hybridized carbons (Fsp3) is 0.111. The molecule has 0 saturated heterocycles. The van der Waals surface area contributed by atoms with Crippen LogP contribution in [0, 0.1) is 5.82 Å². The highest BCUT2D eigenvalue weighted by Gasteiger charge is 2.17. The maximum atomic E-state index is 13.0. The minimum absolute atomic E-state index is 0.299. The molecule has 0 atom stereocenters. The molecule has 0 amide bonds. The summed E-state index contributed by atoms with van der Waals surface area (Å²) in [6.07, 6.45) is 0. The molecule has 1 N–H and O–H groups in total. The molecule has 0 aliphatic heterocycles. The lowest BCUT2D eigenvalue weighted by atomic mass is 10.0. The summed E-state index contributed by atoms with van der Waals surface area (Å²) in [6.45, 7) is 1.13. The molecule has 0 aliphatic rings. The van der Waals surface area contributed by atoms with Gasteiger partial charge in [-0.2, -0.15) is 0 Å². The third-order valence-electron chi connectivity index (χ3n) is 1.60. The van der Waals surface area contributed by atoms with E-state index in [9.17, 15) is 14.0 Å². The first-order valence-corrected chi connectivity index (χ1v) is 3.56. The molecule has 1 aromatic rings. The van der Waals surface area contributed by atoms with Crippen LogP contribution in [0.3, 0.4) is 0 Å². The summed E-state index contributed by atoms with van der Waals surface area (Å²) in [5, 5.41) is 8.62. The lowest BCUT2D eigenvalue weighted by Crippen LogP contribution is -2.08. The molecule has 3 nitrogen and oxygen atoms in total. The van der Waals surface area contributed by atoms with E-state index in [4.69, 9.17) is 5.11 Å². The maximum absolute atomic E-state index is 13.0. The summed E-state index contributed by atoms with van der Waals surface area (Å²) < 4.78 is 13.0. The molecule has 0 aliphatic carbocycles. The van der Waals surface area contributed by atoms with E-state index in [1.807, 2.05) is 0 Å². The molecular weight excluding hydrogens is 175 g/mol. The third kappa shape index (κ3) is 1.72. The lowest BCUT2D eigenvalue weighted by Gasteiger charge is -2.02.